The van der Waals surface area contributed by atoms with Crippen LogP contribution in [-0.2, 0) is 0 Å². The summed E-state index contributed by atoms with van der Waals surface area (Å²) in [5.41, 5.74) is 1.35. The van der Waals surface area contributed by atoms with E-state index in [0.717, 1.165) is 38.5 Å². The number of hydrogen-bond donors (Lipinski definition) is 4. The summed E-state index contributed by atoms with van der Waals surface area (Å²) in [4.78, 5) is 0. The van der Waals surface area contributed by atoms with E-state index in [2.05, 4.69) is 26.0 Å². The molecule has 0 saturated heterocycles. The van der Waals surface area contributed by atoms with Crippen molar-refractivity contribution in [3.63, 3.8) is 0 Å². The van der Waals surface area contributed by atoms with Crippen molar-refractivity contribution in [2.75, 3.05) is 6.61 Å². The number of allylic oxidation sites excluding steroid dienone is 3. The van der Waals surface area contributed by atoms with Crippen molar-refractivity contribution in [1.82, 2.24) is 0 Å². The molecule has 3 fully saturated rings. The third-order valence-electron chi connectivity index (χ3n) is 8.49. The van der Waals surface area contributed by atoms with Gasteiger partial charge in [-0.2, -0.15) is 0 Å². The lowest BCUT2D eigenvalue weighted by Gasteiger charge is -2.56. The molecule has 3 saturated carbocycles. The van der Waals surface area contributed by atoms with Gasteiger partial charge in [0.15, 0.2) is 0 Å². The van der Waals surface area contributed by atoms with Crippen LogP contribution in [-0.4, -0.2) is 44.8 Å². The first-order chi connectivity index (χ1) is 11.8. The highest BCUT2D eigenvalue weighted by Gasteiger charge is 2.64. The minimum atomic E-state index is -1.20. The Kier molecular flexibility index (Phi) is 4.01. The number of fused-ring (bicyclic) bond motifs is 5. The van der Waals surface area contributed by atoms with Gasteiger partial charge >= 0.3 is 0 Å². The minimum absolute atomic E-state index is 0.126. The first kappa shape index (κ1) is 17.7. The van der Waals surface area contributed by atoms with Gasteiger partial charge in [0.2, 0.25) is 0 Å². The summed E-state index contributed by atoms with van der Waals surface area (Å²) in [5, 5.41) is 41.1. The summed E-state index contributed by atoms with van der Waals surface area (Å²) >= 11 is 0. The fourth-order valence-corrected chi connectivity index (χ4v) is 6.74. The van der Waals surface area contributed by atoms with Crippen molar-refractivity contribution in [3.8, 4) is 0 Å². The first-order valence-electron chi connectivity index (χ1n) is 9.87. The summed E-state index contributed by atoms with van der Waals surface area (Å²) in [5.74, 6) is 0.741. The average Bonchev–Trinajstić information content (AvgIpc) is 2.87. The molecule has 4 rings (SSSR count). The van der Waals surface area contributed by atoms with Gasteiger partial charge in [-0.15, -0.1) is 0 Å². The van der Waals surface area contributed by atoms with E-state index in [9.17, 15) is 20.4 Å². The maximum absolute atomic E-state index is 11.3. The second kappa shape index (κ2) is 5.66. The van der Waals surface area contributed by atoms with Gasteiger partial charge in [0.1, 0.15) is 6.10 Å². The zero-order valence-electron chi connectivity index (χ0n) is 15.4. The van der Waals surface area contributed by atoms with Gasteiger partial charge in [-0.3, -0.25) is 0 Å². The van der Waals surface area contributed by atoms with Crippen molar-refractivity contribution < 1.29 is 20.4 Å². The van der Waals surface area contributed by atoms with Gasteiger partial charge in [-0.25, -0.2) is 0 Å². The van der Waals surface area contributed by atoms with Crippen LogP contribution in [0.15, 0.2) is 23.3 Å². The molecule has 7 atom stereocenters. The third kappa shape index (κ3) is 2.21. The molecule has 4 aliphatic rings. The summed E-state index contributed by atoms with van der Waals surface area (Å²) < 4.78 is 0. The van der Waals surface area contributed by atoms with E-state index in [4.69, 9.17) is 0 Å². The lowest BCUT2D eigenvalue weighted by Crippen LogP contribution is -2.57. The Hall–Kier alpha value is -0.680. The Bertz CT molecular complexity index is 625. The summed E-state index contributed by atoms with van der Waals surface area (Å²) in [7, 11) is 0. The third-order valence-corrected chi connectivity index (χ3v) is 8.49. The van der Waals surface area contributed by atoms with Crippen LogP contribution in [0.2, 0.25) is 0 Å². The molecule has 4 N–H and O–H groups in total. The Labute approximate surface area is 150 Å². The molecule has 0 radical (unpaired) electrons. The maximum Gasteiger partial charge on any atom is 0.106 e. The molecular weight excluding hydrogens is 316 g/mol. The Morgan fingerprint density at radius 2 is 1.80 bits per heavy atom. The molecule has 4 heteroatoms. The fraction of sp³-hybridized carbons (Fsp3) is 0.810. The van der Waals surface area contributed by atoms with E-state index in [1.807, 2.05) is 0 Å². The summed E-state index contributed by atoms with van der Waals surface area (Å²) in [6.45, 7) is 4.07. The van der Waals surface area contributed by atoms with Gasteiger partial charge in [0.25, 0.3) is 0 Å². The lowest BCUT2D eigenvalue weighted by atomic mass is 9.49. The van der Waals surface area contributed by atoms with Crippen molar-refractivity contribution in [2.24, 2.45) is 22.7 Å². The van der Waals surface area contributed by atoms with Crippen LogP contribution >= 0.6 is 0 Å². The predicted octanol–water partition coefficient (Wildman–Crippen LogP) is 2.31. The summed E-state index contributed by atoms with van der Waals surface area (Å²) in [6, 6.07) is 0. The van der Waals surface area contributed by atoms with Crippen LogP contribution in [0, 0.1) is 22.7 Å². The SMILES string of the molecule is C[C@]12CC[C@H](O)CC1=CC=C1[C@@H]2CC[C@@]2(C)[C@H]1CC[C@]2(O)[C@@H](O)CO. The van der Waals surface area contributed by atoms with E-state index in [1.54, 1.807) is 0 Å². The smallest absolute Gasteiger partial charge is 0.106 e. The van der Waals surface area contributed by atoms with Crippen LogP contribution in [0.1, 0.15) is 58.8 Å². The lowest BCUT2D eigenvalue weighted by molar-refractivity contribution is -0.165. The monoisotopic (exact) mass is 348 g/mol. The number of aliphatic hydroxyl groups is 4. The normalized spacial score (nSPS) is 50.2. The maximum atomic E-state index is 11.3. The Morgan fingerprint density at radius 3 is 2.52 bits per heavy atom. The number of hydrogen-bond acceptors (Lipinski definition) is 4. The molecule has 4 aliphatic carbocycles. The molecule has 0 aromatic rings. The quantitative estimate of drug-likeness (QED) is 0.617. The molecule has 0 spiro atoms. The molecule has 0 aliphatic heterocycles. The molecule has 25 heavy (non-hydrogen) atoms. The number of rotatable bonds is 2. The standard InChI is InChI=1S/C21H32O4/c1-19-8-5-14(23)11-13(19)3-4-15-16(19)6-9-20(2)17(15)7-10-21(20,25)18(24)12-22/h3-4,14,16-18,22-25H,5-12H2,1-2H3/t14-,16-,17-,18-,19-,20-,21-/m0/s1. The molecule has 0 aromatic carbocycles. The topological polar surface area (TPSA) is 80.9 Å². The molecule has 4 nitrogen and oxygen atoms in total. The molecule has 140 valence electrons. The molecule has 0 bridgehead atoms. The van der Waals surface area contributed by atoms with Crippen molar-refractivity contribution in [3.05, 3.63) is 23.3 Å². The fourth-order valence-electron chi connectivity index (χ4n) is 6.74. The number of aliphatic hydroxyl groups excluding tert-OH is 3. The zero-order chi connectivity index (χ0) is 18.0. The molecule has 0 heterocycles. The molecular formula is C21H32O4. The zero-order valence-corrected chi connectivity index (χ0v) is 15.4. The molecule has 0 aromatic heterocycles. The van der Waals surface area contributed by atoms with E-state index in [1.165, 1.54) is 11.1 Å². The van der Waals surface area contributed by atoms with Crippen molar-refractivity contribution in [1.29, 1.82) is 0 Å². The van der Waals surface area contributed by atoms with Gasteiger partial charge in [0.05, 0.1) is 18.3 Å². The van der Waals surface area contributed by atoms with Crippen molar-refractivity contribution in [2.45, 2.75) is 76.6 Å². The van der Waals surface area contributed by atoms with Crippen LogP contribution in [0.25, 0.3) is 0 Å². The van der Waals surface area contributed by atoms with Gasteiger partial charge < -0.3 is 20.4 Å². The van der Waals surface area contributed by atoms with Gasteiger partial charge in [-0.05, 0) is 62.2 Å². The Balaban J connectivity index is 1.72. The Morgan fingerprint density at radius 1 is 1.08 bits per heavy atom. The van der Waals surface area contributed by atoms with Crippen molar-refractivity contribution >= 4 is 0 Å². The first-order valence-corrected chi connectivity index (χ1v) is 9.87. The molecule has 0 unspecified atom stereocenters. The second-order valence-corrected chi connectivity index (χ2v) is 9.40. The van der Waals surface area contributed by atoms with Gasteiger partial charge in [-0.1, -0.05) is 37.1 Å². The average molecular weight is 348 g/mol. The van der Waals surface area contributed by atoms with E-state index < -0.39 is 11.7 Å². The highest BCUT2D eigenvalue weighted by atomic mass is 16.4. The van der Waals surface area contributed by atoms with Crippen LogP contribution in [0.5, 0.6) is 0 Å². The molecule has 0 amide bonds. The van der Waals surface area contributed by atoms with Crippen LogP contribution in [0.3, 0.4) is 0 Å². The van der Waals surface area contributed by atoms with E-state index in [-0.39, 0.29) is 29.5 Å². The van der Waals surface area contributed by atoms with Gasteiger partial charge in [0, 0.05) is 5.41 Å². The summed E-state index contributed by atoms with van der Waals surface area (Å²) in [6.07, 6.45) is 9.16. The highest BCUT2D eigenvalue weighted by Crippen LogP contribution is 2.66. The highest BCUT2D eigenvalue weighted by molar-refractivity contribution is 5.39. The largest absolute Gasteiger partial charge is 0.394 e. The second-order valence-electron chi connectivity index (χ2n) is 9.40. The minimum Gasteiger partial charge on any atom is -0.394 e. The van der Waals surface area contributed by atoms with E-state index in [0.29, 0.717) is 12.3 Å². The van der Waals surface area contributed by atoms with Crippen LogP contribution in [0.4, 0.5) is 0 Å². The predicted molar refractivity (Wildman–Crippen MR) is 95.7 cm³/mol. The van der Waals surface area contributed by atoms with Crippen LogP contribution < -0.4 is 0 Å². The van der Waals surface area contributed by atoms with E-state index >= 15 is 0 Å².